The van der Waals surface area contributed by atoms with Gasteiger partial charge >= 0.3 is 0 Å². The summed E-state index contributed by atoms with van der Waals surface area (Å²) in [5.41, 5.74) is 12.3. The summed E-state index contributed by atoms with van der Waals surface area (Å²) in [5, 5.41) is 13.4. The predicted octanol–water partition coefficient (Wildman–Crippen LogP) is 12.2. The topological polar surface area (TPSA) is 49.3 Å². The lowest BCUT2D eigenvalue weighted by atomic mass is 9.93. The number of aliphatic imine (C=N–C) groups is 1. The van der Waals surface area contributed by atoms with Gasteiger partial charge in [0.15, 0.2) is 0 Å². The molecule has 1 aliphatic heterocycles. The van der Waals surface area contributed by atoms with Gasteiger partial charge in [-0.25, -0.2) is 9.98 Å². The van der Waals surface area contributed by atoms with Gasteiger partial charge in [0.25, 0.3) is 0 Å². The average Bonchev–Trinajstić information content (AvgIpc) is 3.26. The van der Waals surface area contributed by atoms with Crippen LogP contribution in [0.25, 0.3) is 66.0 Å². The zero-order chi connectivity index (χ0) is 36.7. The second-order valence-electron chi connectivity index (χ2n) is 14.4. The van der Waals surface area contributed by atoms with Gasteiger partial charge in [0.2, 0.25) is 0 Å². The highest BCUT2D eigenvalue weighted by molar-refractivity contribution is 6.11. The molecule has 55 heavy (non-hydrogen) atoms. The van der Waals surface area contributed by atoms with Gasteiger partial charge in [0, 0.05) is 21.9 Å². The number of hydrogen-bond donors (Lipinski definition) is 2. The molecule has 4 heteroatoms. The number of hydrogen-bond acceptors (Lipinski definition) is 4. The largest absolute Gasteiger partial charge is 0.350 e. The molecule has 0 bridgehead atoms. The molecule has 10 rings (SSSR count). The number of para-hydroxylation sites is 1. The Morgan fingerprint density at radius 1 is 0.436 bits per heavy atom. The number of benzene rings is 8. The van der Waals surface area contributed by atoms with Crippen LogP contribution in [0.2, 0.25) is 0 Å². The number of nitrogens with zero attached hydrogens (tertiary/aromatic N) is 2. The van der Waals surface area contributed by atoms with Crippen molar-refractivity contribution in [2.24, 2.45) is 4.99 Å². The first-order chi connectivity index (χ1) is 27.1. The first-order valence-electron chi connectivity index (χ1n) is 18.9. The molecule has 0 fully saturated rings. The van der Waals surface area contributed by atoms with Crippen LogP contribution < -0.4 is 10.6 Å². The standard InChI is InChI=1S/C51H38N4/c1-33-20-22-34(23-21-33)41-30-42(32-43(31-41)51-54-49(35-12-4-2-5-13-35)53-50(55-51)36-14-6-3-7-15-36)39-25-24-38-29-40(27-26-37(38)28-39)48-46-18-9-8-16-44(46)45-17-10-11-19-47(45)52-48/h2-32,49-50,53H,1H3,(H,54,55). The Hall–Kier alpha value is -6.88. The number of rotatable bonds is 6. The van der Waals surface area contributed by atoms with Gasteiger partial charge in [0.1, 0.15) is 18.2 Å². The highest BCUT2D eigenvalue weighted by Gasteiger charge is 2.26. The van der Waals surface area contributed by atoms with Crippen molar-refractivity contribution in [3.05, 3.63) is 210 Å². The maximum Gasteiger partial charge on any atom is 0.131 e. The van der Waals surface area contributed by atoms with Crippen LogP contribution in [-0.4, -0.2) is 10.8 Å². The number of fused-ring (bicyclic) bond motifs is 4. The van der Waals surface area contributed by atoms with Gasteiger partial charge < -0.3 is 5.32 Å². The SMILES string of the molecule is Cc1ccc(-c2cc(C3=NC(c4ccccc4)NC(c4ccccc4)N3)cc(-c3ccc4cc(-c5nc6ccccc6c6ccccc56)ccc4c3)c2)cc1. The lowest BCUT2D eigenvalue weighted by molar-refractivity contribution is 0.409. The lowest BCUT2D eigenvalue weighted by Crippen LogP contribution is -2.44. The van der Waals surface area contributed by atoms with Crippen molar-refractivity contribution in [3.63, 3.8) is 0 Å². The molecule has 8 aromatic carbocycles. The van der Waals surface area contributed by atoms with Crippen molar-refractivity contribution in [2.45, 2.75) is 19.3 Å². The minimum absolute atomic E-state index is 0.116. The molecule has 4 nitrogen and oxygen atoms in total. The summed E-state index contributed by atoms with van der Waals surface area (Å²) in [5.74, 6) is 0.859. The molecule has 0 aliphatic carbocycles. The zero-order valence-electron chi connectivity index (χ0n) is 30.4. The van der Waals surface area contributed by atoms with E-state index in [-0.39, 0.29) is 12.3 Å². The van der Waals surface area contributed by atoms with Crippen LogP contribution in [0, 0.1) is 6.92 Å². The van der Waals surface area contributed by atoms with Crippen LogP contribution in [0.3, 0.4) is 0 Å². The summed E-state index contributed by atoms with van der Waals surface area (Å²) in [6.07, 6.45) is -0.326. The normalized spacial score (nSPS) is 15.5. The third kappa shape index (κ3) is 6.33. The summed E-state index contributed by atoms with van der Waals surface area (Å²) in [6, 6.07) is 67.2. The fraction of sp³-hybridized carbons (Fsp3) is 0.0588. The third-order valence-electron chi connectivity index (χ3n) is 10.8. The number of aromatic nitrogens is 1. The van der Waals surface area contributed by atoms with Crippen LogP contribution in [-0.2, 0) is 0 Å². The van der Waals surface area contributed by atoms with Gasteiger partial charge in [-0.1, -0.05) is 157 Å². The lowest BCUT2D eigenvalue weighted by Gasteiger charge is -2.32. The van der Waals surface area contributed by atoms with E-state index in [1.165, 1.54) is 32.7 Å². The molecular weight excluding hydrogens is 669 g/mol. The van der Waals surface area contributed by atoms with E-state index in [4.69, 9.17) is 9.98 Å². The Kier molecular flexibility index (Phi) is 8.24. The van der Waals surface area contributed by atoms with Crippen LogP contribution in [0.15, 0.2) is 193 Å². The Morgan fingerprint density at radius 2 is 1.00 bits per heavy atom. The Bertz CT molecular complexity index is 2880. The van der Waals surface area contributed by atoms with Gasteiger partial charge in [-0.15, -0.1) is 0 Å². The maximum absolute atomic E-state index is 5.30. The van der Waals surface area contributed by atoms with E-state index in [1.54, 1.807) is 0 Å². The Morgan fingerprint density at radius 3 is 1.75 bits per heavy atom. The fourth-order valence-corrected chi connectivity index (χ4v) is 7.87. The van der Waals surface area contributed by atoms with E-state index in [2.05, 4.69) is 200 Å². The Labute approximate surface area is 320 Å². The molecule has 1 aromatic heterocycles. The van der Waals surface area contributed by atoms with Crippen LogP contribution in [0.1, 0.15) is 34.6 Å². The van der Waals surface area contributed by atoms with E-state index in [1.807, 2.05) is 6.07 Å². The van der Waals surface area contributed by atoms with Crippen molar-refractivity contribution in [1.29, 1.82) is 0 Å². The Balaban J connectivity index is 1.08. The van der Waals surface area contributed by atoms with E-state index >= 15 is 0 Å². The minimum atomic E-state index is -0.210. The van der Waals surface area contributed by atoms with Gasteiger partial charge in [-0.2, -0.15) is 0 Å². The number of nitrogens with one attached hydrogen (secondary N) is 2. The van der Waals surface area contributed by atoms with E-state index in [0.717, 1.165) is 61.4 Å². The molecule has 0 spiro atoms. The highest BCUT2D eigenvalue weighted by Crippen LogP contribution is 2.36. The minimum Gasteiger partial charge on any atom is -0.350 e. The van der Waals surface area contributed by atoms with E-state index < -0.39 is 0 Å². The van der Waals surface area contributed by atoms with Gasteiger partial charge in [-0.3, -0.25) is 5.32 Å². The van der Waals surface area contributed by atoms with Gasteiger partial charge in [0.05, 0.1) is 11.2 Å². The molecule has 0 amide bonds. The molecule has 2 heterocycles. The zero-order valence-corrected chi connectivity index (χ0v) is 30.4. The molecule has 0 radical (unpaired) electrons. The molecule has 0 saturated carbocycles. The highest BCUT2D eigenvalue weighted by atomic mass is 15.3. The molecule has 9 aromatic rings. The molecule has 0 saturated heterocycles. The van der Waals surface area contributed by atoms with Crippen LogP contribution >= 0.6 is 0 Å². The number of pyridine rings is 1. The predicted molar refractivity (Wildman–Crippen MR) is 229 cm³/mol. The van der Waals surface area contributed by atoms with Crippen molar-refractivity contribution in [3.8, 4) is 33.5 Å². The number of amidine groups is 1. The monoisotopic (exact) mass is 706 g/mol. The molecular formula is C51H38N4. The average molecular weight is 707 g/mol. The third-order valence-corrected chi connectivity index (χ3v) is 10.8. The summed E-state index contributed by atoms with van der Waals surface area (Å²) < 4.78 is 0. The van der Waals surface area contributed by atoms with E-state index in [9.17, 15) is 0 Å². The second kappa shape index (κ2) is 13.8. The maximum atomic E-state index is 5.30. The molecule has 2 unspecified atom stereocenters. The van der Waals surface area contributed by atoms with Crippen LogP contribution in [0.4, 0.5) is 0 Å². The van der Waals surface area contributed by atoms with Crippen molar-refractivity contribution in [2.75, 3.05) is 0 Å². The second-order valence-corrected chi connectivity index (χ2v) is 14.4. The van der Waals surface area contributed by atoms with Crippen molar-refractivity contribution < 1.29 is 0 Å². The van der Waals surface area contributed by atoms with Crippen molar-refractivity contribution in [1.82, 2.24) is 15.6 Å². The van der Waals surface area contributed by atoms with Crippen LogP contribution in [0.5, 0.6) is 0 Å². The summed E-state index contributed by atoms with van der Waals surface area (Å²) in [7, 11) is 0. The molecule has 1 aliphatic rings. The van der Waals surface area contributed by atoms with E-state index in [0.29, 0.717) is 0 Å². The summed E-state index contributed by atoms with van der Waals surface area (Å²) in [4.78, 5) is 10.5. The van der Waals surface area contributed by atoms with Gasteiger partial charge in [-0.05, 0) is 92.9 Å². The summed E-state index contributed by atoms with van der Waals surface area (Å²) in [6.45, 7) is 2.13. The molecule has 2 N–H and O–H groups in total. The quantitative estimate of drug-likeness (QED) is 0.169. The molecule has 262 valence electrons. The first kappa shape index (κ1) is 32.7. The molecule has 2 atom stereocenters. The number of aryl methyl sites for hydroxylation is 1. The van der Waals surface area contributed by atoms with Crippen molar-refractivity contribution >= 4 is 38.3 Å². The smallest absolute Gasteiger partial charge is 0.131 e. The summed E-state index contributed by atoms with van der Waals surface area (Å²) >= 11 is 0. The fourth-order valence-electron chi connectivity index (χ4n) is 7.87. The first-order valence-corrected chi connectivity index (χ1v) is 18.9.